The van der Waals surface area contributed by atoms with Crippen LogP contribution in [0.1, 0.15) is 38.3 Å². The van der Waals surface area contributed by atoms with Crippen LogP contribution in [0.2, 0.25) is 0 Å². The summed E-state index contributed by atoms with van der Waals surface area (Å²) in [5, 5.41) is 2.93. The number of carbonyl (C=O) groups is 2. The summed E-state index contributed by atoms with van der Waals surface area (Å²) in [6, 6.07) is 19.7. The maximum absolute atomic E-state index is 14.1. The van der Waals surface area contributed by atoms with Gasteiger partial charge in [0, 0.05) is 17.6 Å². The number of anilines is 1. The van der Waals surface area contributed by atoms with E-state index in [0.717, 1.165) is 19.9 Å². The van der Waals surface area contributed by atoms with Gasteiger partial charge in [-0.2, -0.15) is 0 Å². The first-order valence-electron chi connectivity index (χ1n) is 13.5. The average molecular weight is 645 g/mol. The SMILES string of the molecule is CC[C@@H](C(=O)NCC(C)C)N(Cc1cccc(OC)c1)C(=O)CN(c1ccc(Br)cc1)S(=O)(=O)c1ccc(C)cc1. The van der Waals surface area contributed by atoms with Crippen molar-refractivity contribution in [3.63, 3.8) is 0 Å². The Kier molecular flexibility index (Phi) is 11.4. The van der Waals surface area contributed by atoms with Gasteiger partial charge in [0.15, 0.2) is 0 Å². The number of benzene rings is 3. The summed E-state index contributed by atoms with van der Waals surface area (Å²) in [5.41, 5.74) is 2.00. The number of hydrogen-bond acceptors (Lipinski definition) is 5. The first-order valence-corrected chi connectivity index (χ1v) is 15.7. The Hall–Kier alpha value is -3.37. The van der Waals surface area contributed by atoms with Crippen molar-refractivity contribution >= 4 is 43.5 Å². The summed E-state index contributed by atoms with van der Waals surface area (Å²) in [5.74, 6) is 0.0594. The molecule has 0 bridgehead atoms. The molecule has 220 valence electrons. The summed E-state index contributed by atoms with van der Waals surface area (Å²) in [6.45, 7) is 7.76. The lowest BCUT2D eigenvalue weighted by atomic mass is 10.1. The van der Waals surface area contributed by atoms with Crippen LogP contribution in [0.4, 0.5) is 5.69 Å². The molecule has 3 aromatic rings. The molecule has 2 amide bonds. The molecule has 41 heavy (non-hydrogen) atoms. The molecule has 1 N–H and O–H groups in total. The highest BCUT2D eigenvalue weighted by atomic mass is 79.9. The van der Waals surface area contributed by atoms with E-state index < -0.39 is 28.5 Å². The van der Waals surface area contributed by atoms with Crippen LogP contribution in [0.5, 0.6) is 5.75 Å². The fourth-order valence-electron chi connectivity index (χ4n) is 4.28. The van der Waals surface area contributed by atoms with E-state index >= 15 is 0 Å². The van der Waals surface area contributed by atoms with E-state index in [-0.39, 0.29) is 23.3 Å². The Labute approximate surface area is 251 Å². The normalized spacial score (nSPS) is 12.1. The molecule has 0 spiro atoms. The first-order chi connectivity index (χ1) is 19.5. The maximum atomic E-state index is 14.1. The van der Waals surface area contributed by atoms with E-state index in [1.54, 1.807) is 55.6 Å². The lowest BCUT2D eigenvalue weighted by Crippen LogP contribution is -2.52. The van der Waals surface area contributed by atoms with Crippen LogP contribution in [0.3, 0.4) is 0 Å². The minimum absolute atomic E-state index is 0.0693. The molecule has 0 aliphatic heterocycles. The molecular formula is C31H38BrN3O5S. The molecule has 0 heterocycles. The van der Waals surface area contributed by atoms with Crippen LogP contribution in [-0.2, 0) is 26.2 Å². The highest BCUT2D eigenvalue weighted by Gasteiger charge is 2.33. The molecule has 0 aromatic heterocycles. The van der Waals surface area contributed by atoms with Gasteiger partial charge < -0.3 is 15.0 Å². The number of nitrogens with one attached hydrogen (secondary N) is 1. The van der Waals surface area contributed by atoms with Crippen LogP contribution >= 0.6 is 15.9 Å². The van der Waals surface area contributed by atoms with E-state index in [1.165, 1.54) is 17.0 Å². The van der Waals surface area contributed by atoms with Gasteiger partial charge in [-0.15, -0.1) is 0 Å². The van der Waals surface area contributed by atoms with Gasteiger partial charge in [0.1, 0.15) is 18.3 Å². The molecule has 0 aliphatic rings. The Morgan fingerprint density at radius 1 is 1.00 bits per heavy atom. The Morgan fingerprint density at radius 3 is 2.24 bits per heavy atom. The molecule has 0 fully saturated rings. The van der Waals surface area contributed by atoms with Crippen molar-refractivity contribution in [3.05, 3.63) is 88.4 Å². The van der Waals surface area contributed by atoms with Crippen molar-refractivity contribution in [2.24, 2.45) is 5.92 Å². The van der Waals surface area contributed by atoms with Crippen LogP contribution < -0.4 is 14.4 Å². The second-order valence-corrected chi connectivity index (χ2v) is 13.0. The van der Waals surface area contributed by atoms with Gasteiger partial charge >= 0.3 is 0 Å². The van der Waals surface area contributed by atoms with Gasteiger partial charge in [-0.05, 0) is 73.4 Å². The Morgan fingerprint density at radius 2 is 1.66 bits per heavy atom. The highest BCUT2D eigenvalue weighted by molar-refractivity contribution is 9.10. The number of methoxy groups -OCH3 is 1. The predicted molar refractivity (Wildman–Crippen MR) is 165 cm³/mol. The van der Waals surface area contributed by atoms with Crippen LogP contribution in [-0.4, -0.2) is 51.4 Å². The van der Waals surface area contributed by atoms with Gasteiger partial charge in [0.25, 0.3) is 10.0 Å². The number of nitrogens with zero attached hydrogens (tertiary/aromatic N) is 2. The maximum Gasteiger partial charge on any atom is 0.264 e. The van der Waals surface area contributed by atoms with Crippen molar-refractivity contribution in [2.45, 2.75) is 51.6 Å². The third kappa shape index (κ3) is 8.56. The van der Waals surface area contributed by atoms with Gasteiger partial charge in [0.05, 0.1) is 17.7 Å². The van der Waals surface area contributed by atoms with Gasteiger partial charge in [-0.3, -0.25) is 13.9 Å². The van der Waals surface area contributed by atoms with E-state index in [2.05, 4.69) is 21.2 Å². The van der Waals surface area contributed by atoms with Gasteiger partial charge in [0.2, 0.25) is 11.8 Å². The summed E-state index contributed by atoms with van der Waals surface area (Å²) in [4.78, 5) is 29.0. The minimum Gasteiger partial charge on any atom is -0.497 e. The number of ether oxygens (including phenoxy) is 1. The number of amides is 2. The molecule has 3 aromatic carbocycles. The number of sulfonamides is 1. The summed E-state index contributed by atoms with van der Waals surface area (Å²) in [6.07, 6.45) is 0.350. The number of carbonyl (C=O) groups excluding carboxylic acids is 2. The van der Waals surface area contributed by atoms with E-state index in [4.69, 9.17) is 4.74 Å². The standard InChI is InChI=1S/C31H38BrN3O5S/c1-6-29(31(37)33-19-22(2)3)34(20-24-8-7-9-27(18-24)40-5)30(36)21-35(26-14-12-25(32)13-15-26)41(38,39)28-16-10-23(4)11-17-28/h7-18,22,29H,6,19-21H2,1-5H3,(H,33,37)/t29-/m0/s1. The molecule has 0 saturated carbocycles. The smallest absolute Gasteiger partial charge is 0.264 e. The first kappa shape index (κ1) is 32.1. The van der Waals surface area contributed by atoms with Crippen molar-refractivity contribution < 1.29 is 22.7 Å². The molecule has 3 rings (SSSR count). The van der Waals surface area contributed by atoms with Crippen molar-refractivity contribution in [1.82, 2.24) is 10.2 Å². The van der Waals surface area contributed by atoms with Crippen LogP contribution in [0.25, 0.3) is 0 Å². The number of hydrogen-bond donors (Lipinski definition) is 1. The second-order valence-electron chi connectivity index (χ2n) is 10.2. The Bertz CT molecular complexity index is 1430. The van der Waals surface area contributed by atoms with E-state index in [0.29, 0.717) is 24.4 Å². The molecule has 8 nitrogen and oxygen atoms in total. The number of halogens is 1. The van der Waals surface area contributed by atoms with Crippen molar-refractivity contribution in [1.29, 1.82) is 0 Å². The monoisotopic (exact) mass is 643 g/mol. The minimum atomic E-state index is -4.12. The lowest BCUT2D eigenvalue weighted by Gasteiger charge is -2.33. The van der Waals surface area contributed by atoms with Crippen LogP contribution in [0.15, 0.2) is 82.2 Å². The molecule has 0 aliphatic carbocycles. The van der Waals surface area contributed by atoms with Gasteiger partial charge in [-0.1, -0.05) is 66.5 Å². The average Bonchev–Trinajstić information content (AvgIpc) is 2.95. The molecular weight excluding hydrogens is 606 g/mol. The summed E-state index contributed by atoms with van der Waals surface area (Å²) < 4.78 is 35.1. The largest absolute Gasteiger partial charge is 0.497 e. The molecule has 0 saturated heterocycles. The molecule has 0 radical (unpaired) electrons. The van der Waals surface area contributed by atoms with Gasteiger partial charge in [-0.25, -0.2) is 8.42 Å². The fourth-order valence-corrected chi connectivity index (χ4v) is 5.96. The third-order valence-corrected chi connectivity index (χ3v) is 8.88. The molecule has 10 heteroatoms. The zero-order valence-electron chi connectivity index (χ0n) is 24.1. The summed E-state index contributed by atoms with van der Waals surface area (Å²) >= 11 is 3.39. The van der Waals surface area contributed by atoms with E-state index in [9.17, 15) is 18.0 Å². The fraction of sp³-hybridized carbons (Fsp3) is 0.355. The topological polar surface area (TPSA) is 96.0 Å². The van der Waals surface area contributed by atoms with Crippen molar-refractivity contribution in [2.75, 3.05) is 24.5 Å². The molecule has 1 atom stereocenters. The third-order valence-electron chi connectivity index (χ3n) is 6.56. The predicted octanol–water partition coefficient (Wildman–Crippen LogP) is 5.54. The quantitative estimate of drug-likeness (QED) is 0.264. The van der Waals surface area contributed by atoms with E-state index in [1.807, 2.05) is 39.8 Å². The second kappa shape index (κ2) is 14.5. The zero-order valence-corrected chi connectivity index (χ0v) is 26.5. The summed E-state index contributed by atoms with van der Waals surface area (Å²) in [7, 11) is -2.56. The van der Waals surface area contributed by atoms with Crippen molar-refractivity contribution in [3.8, 4) is 5.75 Å². The zero-order chi connectivity index (χ0) is 30.2. The number of aryl methyl sites for hydroxylation is 1. The number of rotatable bonds is 13. The van der Waals surface area contributed by atoms with Crippen LogP contribution in [0, 0.1) is 12.8 Å². The molecule has 0 unspecified atom stereocenters. The Balaban J connectivity index is 2.05. The lowest BCUT2D eigenvalue weighted by molar-refractivity contribution is -0.140. The highest BCUT2D eigenvalue weighted by Crippen LogP contribution is 2.27.